The molecule has 2 aromatic heterocycles. The van der Waals surface area contributed by atoms with Crippen LogP contribution in [0.15, 0.2) is 35.3 Å². The number of nitrogens with two attached hydrogens (primary N) is 1. The van der Waals surface area contributed by atoms with Crippen LogP contribution in [0.5, 0.6) is 0 Å². The molecule has 66 valence electrons. The zero-order chi connectivity index (χ0) is 9.42. The lowest BCUT2D eigenvalue weighted by atomic mass is 10.2. The maximum atomic E-state index is 11.4. The third-order valence-electron chi connectivity index (χ3n) is 2.11. The molecule has 0 saturated carbocycles. The van der Waals surface area contributed by atoms with Gasteiger partial charge in [0.1, 0.15) is 0 Å². The smallest absolute Gasteiger partial charge is 0.255 e. The average molecular weight is 174 g/mol. The molecule has 0 aromatic carbocycles. The molecule has 0 aliphatic carbocycles. The standard InChI is InChI=1S/C10H10N2O/c1-7-3-2-6-12-9(13)5-4-8(11)10(7)12/h2-6H,11H2,1H3. The van der Waals surface area contributed by atoms with E-state index in [9.17, 15) is 4.79 Å². The van der Waals surface area contributed by atoms with Crippen molar-refractivity contribution in [3.05, 3.63) is 46.4 Å². The van der Waals surface area contributed by atoms with Gasteiger partial charge in [-0.2, -0.15) is 0 Å². The molecule has 0 atom stereocenters. The molecule has 2 rings (SSSR count). The summed E-state index contributed by atoms with van der Waals surface area (Å²) in [5.41, 5.74) is 8.17. The van der Waals surface area contributed by atoms with Gasteiger partial charge in [-0.05, 0) is 24.6 Å². The first-order valence-electron chi connectivity index (χ1n) is 4.06. The number of pyridine rings is 2. The molecule has 0 aliphatic heterocycles. The summed E-state index contributed by atoms with van der Waals surface area (Å²) in [5.74, 6) is 0. The van der Waals surface area contributed by atoms with Gasteiger partial charge in [-0.15, -0.1) is 0 Å². The number of hydrogen-bond acceptors (Lipinski definition) is 2. The van der Waals surface area contributed by atoms with Crippen LogP contribution in [-0.2, 0) is 0 Å². The minimum absolute atomic E-state index is 0.0482. The Kier molecular flexibility index (Phi) is 1.59. The van der Waals surface area contributed by atoms with Crippen molar-refractivity contribution in [3.8, 4) is 0 Å². The molecule has 0 saturated heterocycles. The van der Waals surface area contributed by atoms with Crippen molar-refractivity contribution in [2.24, 2.45) is 0 Å². The molecule has 13 heavy (non-hydrogen) atoms. The van der Waals surface area contributed by atoms with Gasteiger partial charge in [-0.1, -0.05) is 6.07 Å². The van der Waals surface area contributed by atoms with Crippen molar-refractivity contribution in [1.82, 2.24) is 4.40 Å². The molecule has 2 heterocycles. The monoisotopic (exact) mass is 174 g/mol. The molecule has 3 heteroatoms. The average Bonchev–Trinajstić information content (AvgIpc) is 2.12. The molecule has 0 aliphatic rings. The van der Waals surface area contributed by atoms with E-state index in [1.54, 1.807) is 16.7 Å². The molecular formula is C10H10N2O. The number of rotatable bonds is 0. The fraction of sp³-hybridized carbons (Fsp3) is 0.100. The minimum Gasteiger partial charge on any atom is -0.397 e. The second-order valence-corrected chi connectivity index (χ2v) is 3.04. The quantitative estimate of drug-likeness (QED) is 0.652. The second-order valence-electron chi connectivity index (χ2n) is 3.04. The normalized spacial score (nSPS) is 10.5. The Morgan fingerprint density at radius 2 is 2.08 bits per heavy atom. The molecule has 0 fully saturated rings. The van der Waals surface area contributed by atoms with E-state index < -0.39 is 0 Å². The fourth-order valence-electron chi connectivity index (χ4n) is 1.49. The van der Waals surface area contributed by atoms with Gasteiger partial charge < -0.3 is 5.73 Å². The van der Waals surface area contributed by atoms with E-state index in [4.69, 9.17) is 5.73 Å². The summed E-state index contributed by atoms with van der Waals surface area (Å²) in [6.07, 6.45) is 1.72. The minimum atomic E-state index is -0.0482. The maximum Gasteiger partial charge on any atom is 0.255 e. The van der Waals surface area contributed by atoms with Crippen molar-refractivity contribution in [1.29, 1.82) is 0 Å². The summed E-state index contributed by atoms with van der Waals surface area (Å²) in [4.78, 5) is 11.4. The summed E-state index contributed by atoms with van der Waals surface area (Å²) in [5, 5.41) is 0. The SMILES string of the molecule is Cc1cccn2c(=O)ccc(N)c12. The second kappa shape index (κ2) is 2.62. The van der Waals surface area contributed by atoms with Crippen molar-refractivity contribution in [3.63, 3.8) is 0 Å². The van der Waals surface area contributed by atoms with E-state index >= 15 is 0 Å². The van der Waals surface area contributed by atoms with Gasteiger partial charge in [0.15, 0.2) is 0 Å². The van der Waals surface area contributed by atoms with E-state index in [0.29, 0.717) is 5.69 Å². The van der Waals surface area contributed by atoms with E-state index in [-0.39, 0.29) is 5.56 Å². The van der Waals surface area contributed by atoms with Crippen molar-refractivity contribution in [2.75, 3.05) is 5.73 Å². The Labute approximate surface area is 75.4 Å². The van der Waals surface area contributed by atoms with E-state index in [0.717, 1.165) is 11.1 Å². The lowest BCUT2D eigenvalue weighted by Gasteiger charge is -2.05. The molecule has 0 unspecified atom stereocenters. The van der Waals surface area contributed by atoms with Gasteiger partial charge in [0, 0.05) is 12.3 Å². The highest BCUT2D eigenvalue weighted by atomic mass is 16.1. The Balaban J connectivity index is 3.09. The van der Waals surface area contributed by atoms with Crippen molar-refractivity contribution in [2.45, 2.75) is 6.92 Å². The largest absolute Gasteiger partial charge is 0.397 e. The maximum absolute atomic E-state index is 11.4. The van der Waals surface area contributed by atoms with E-state index in [1.807, 2.05) is 19.1 Å². The number of fused-ring (bicyclic) bond motifs is 1. The summed E-state index contributed by atoms with van der Waals surface area (Å²) < 4.78 is 1.56. The number of nitrogen functional groups attached to an aromatic ring is 1. The van der Waals surface area contributed by atoms with Gasteiger partial charge >= 0.3 is 0 Å². The Morgan fingerprint density at radius 1 is 1.31 bits per heavy atom. The number of anilines is 1. The van der Waals surface area contributed by atoms with Crippen molar-refractivity contribution >= 4 is 11.2 Å². The molecule has 2 aromatic rings. The number of nitrogens with zero attached hydrogens (tertiary/aromatic N) is 1. The summed E-state index contributed by atoms with van der Waals surface area (Å²) in [7, 11) is 0. The van der Waals surface area contributed by atoms with Gasteiger partial charge in [-0.25, -0.2) is 0 Å². The predicted molar refractivity (Wildman–Crippen MR) is 52.8 cm³/mol. The zero-order valence-electron chi connectivity index (χ0n) is 7.32. The van der Waals surface area contributed by atoms with Crippen LogP contribution >= 0.6 is 0 Å². The molecule has 3 nitrogen and oxygen atoms in total. The fourth-order valence-corrected chi connectivity index (χ4v) is 1.49. The first kappa shape index (κ1) is 7.86. The Morgan fingerprint density at radius 3 is 2.77 bits per heavy atom. The van der Waals surface area contributed by atoms with Gasteiger partial charge in [-0.3, -0.25) is 9.20 Å². The Bertz CT molecular complexity index is 506. The first-order chi connectivity index (χ1) is 6.20. The highest BCUT2D eigenvalue weighted by Gasteiger charge is 2.01. The first-order valence-corrected chi connectivity index (χ1v) is 4.06. The summed E-state index contributed by atoms with van der Waals surface area (Å²) in [6.45, 7) is 1.94. The Hall–Kier alpha value is -1.77. The van der Waals surface area contributed by atoms with Crippen molar-refractivity contribution < 1.29 is 0 Å². The molecule has 0 amide bonds. The topological polar surface area (TPSA) is 47.5 Å². The number of aryl methyl sites for hydroxylation is 1. The third-order valence-corrected chi connectivity index (χ3v) is 2.11. The molecule has 0 radical (unpaired) electrons. The molecular weight excluding hydrogens is 164 g/mol. The zero-order valence-corrected chi connectivity index (χ0v) is 7.32. The highest BCUT2D eigenvalue weighted by molar-refractivity contribution is 5.72. The van der Waals surface area contributed by atoms with Gasteiger partial charge in [0.25, 0.3) is 5.56 Å². The van der Waals surface area contributed by atoms with Gasteiger partial charge in [0.05, 0.1) is 11.2 Å². The van der Waals surface area contributed by atoms with E-state index in [2.05, 4.69) is 0 Å². The van der Waals surface area contributed by atoms with Crippen LogP contribution in [0.25, 0.3) is 5.52 Å². The van der Waals surface area contributed by atoms with Gasteiger partial charge in [0.2, 0.25) is 0 Å². The van der Waals surface area contributed by atoms with E-state index in [1.165, 1.54) is 6.07 Å². The molecule has 0 bridgehead atoms. The lowest BCUT2D eigenvalue weighted by molar-refractivity contribution is 1.09. The highest BCUT2D eigenvalue weighted by Crippen LogP contribution is 2.14. The third kappa shape index (κ3) is 1.09. The lowest BCUT2D eigenvalue weighted by Crippen LogP contribution is -2.13. The summed E-state index contributed by atoms with van der Waals surface area (Å²) in [6, 6.07) is 6.89. The van der Waals surface area contributed by atoms with Crippen LogP contribution in [-0.4, -0.2) is 4.40 Å². The number of aromatic nitrogens is 1. The van der Waals surface area contributed by atoms with Crippen LogP contribution in [0.1, 0.15) is 5.56 Å². The molecule has 0 spiro atoms. The van der Waals surface area contributed by atoms with Crippen LogP contribution in [0, 0.1) is 6.92 Å². The molecule has 2 N–H and O–H groups in total. The van der Waals surface area contributed by atoms with Crippen LogP contribution in [0.2, 0.25) is 0 Å². The summed E-state index contributed by atoms with van der Waals surface area (Å²) >= 11 is 0. The van der Waals surface area contributed by atoms with Crippen LogP contribution < -0.4 is 11.3 Å². The number of hydrogen-bond donors (Lipinski definition) is 1. The van der Waals surface area contributed by atoms with Crippen LogP contribution in [0.3, 0.4) is 0 Å². The van der Waals surface area contributed by atoms with Crippen LogP contribution in [0.4, 0.5) is 5.69 Å². The predicted octanol–water partition coefficient (Wildman–Crippen LogP) is 1.19.